The van der Waals surface area contributed by atoms with Crippen LogP contribution in [0.25, 0.3) is 27.2 Å². The molecule has 5 rings (SSSR count). The van der Waals surface area contributed by atoms with Crippen molar-refractivity contribution in [3.63, 3.8) is 0 Å². The van der Waals surface area contributed by atoms with Crippen molar-refractivity contribution < 1.29 is 27.4 Å². The minimum absolute atomic E-state index is 0.0535. The fraction of sp³-hybridized carbons (Fsp3) is 0.115. The van der Waals surface area contributed by atoms with E-state index in [1.54, 1.807) is 29.1 Å². The first-order valence-corrected chi connectivity index (χ1v) is 11.9. The first-order chi connectivity index (χ1) is 17.6. The second kappa shape index (κ2) is 9.25. The van der Waals surface area contributed by atoms with E-state index in [4.69, 9.17) is 10.5 Å². The molecule has 3 aromatic heterocycles. The number of benzene rings is 2. The van der Waals surface area contributed by atoms with Gasteiger partial charge in [0.05, 0.1) is 16.6 Å². The van der Waals surface area contributed by atoms with Gasteiger partial charge in [-0.15, -0.1) is 11.3 Å². The number of aromatic nitrogens is 3. The predicted molar refractivity (Wildman–Crippen MR) is 132 cm³/mol. The second-order valence-electron chi connectivity index (χ2n) is 8.25. The monoisotopic (exact) mass is 524 g/mol. The van der Waals surface area contributed by atoms with Gasteiger partial charge in [0.25, 0.3) is 5.91 Å². The lowest BCUT2D eigenvalue weighted by atomic mass is 10.0. The minimum atomic E-state index is -4.55. The minimum Gasteiger partial charge on any atom is -0.619 e. The van der Waals surface area contributed by atoms with Gasteiger partial charge < -0.3 is 15.7 Å². The molecule has 3 heterocycles. The lowest BCUT2D eigenvalue weighted by Crippen LogP contribution is -2.23. The molecule has 11 heteroatoms. The van der Waals surface area contributed by atoms with Gasteiger partial charge in [0.15, 0.2) is 12.4 Å². The van der Waals surface area contributed by atoms with E-state index in [0.717, 1.165) is 34.0 Å². The van der Waals surface area contributed by atoms with Gasteiger partial charge in [-0.05, 0) is 36.2 Å². The quantitative estimate of drug-likeness (QED) is 0.229. The van der Waals surface area contributed by atoms with Crippen molar-refractivity contribution in [1.29, 1.82) is 0 Å². The third kappa shape index (κ3) is 4.73. The number of halogens is 3. The summed E-state index contributed by atoms with van der Waals surface area (Å²) < 4.78 is 48.8. The fourth-order valence-corrected chi connectivity index (χ4v) is 5.00. The number of nitrogens with two attached hydrogens (primary N) is 1. The van der Waals surface area contributed by atoms with Crippen LogP contribution in [-0.2, 0) is 6.18 Å². The van der Waals surface area contributed by atoms with Crippen LogP contribution in [0.1, 0.15) is 33.8 Å². The SMILES string of the molecule is C[C@@H](Oc1cc(-n2cnc3cc(-c4cc[n+]([O-])cc4)ccc32)sc1C(N)=O)c1ccccc1C(F)(F)F. The van der Waals surface area contributed by atoms with Crippen molar-refractivity contribution in [2.75, 3.05) is 0 Å². The van der Waals surface area contributed by atoms with Gasteiger partial charge in [-0.3, -0.25) is 9.36 Å². The predicted octanol–water partition coefficient (Wildman–Crippen LogP) is 5.65. The highest BCUT2D eigenvalue weighted by Gasteiger charge is 2.35. The summed E-state index contributed by atoms with van der Waals surface area (Å²) in [6.07, 6.45) is -1.16. The molecule has 0 aliphatic rings. The van der Waals surface area contributed by atoms with Gasteiger partial charge in [-0.2, -0.15) is 17.9 Å². The first-order valence-electron chi connectivity index (χ1n) is 11.0. The molecule has 0 aliphatic heterocycles. The van der Waals surface area contributed by atoms with E-state index in [2.05, 4.69) is 4.98 Å². The van der Waals surface area contributed by atoms with Crippen molar-refractivity contribution >= 4 is 28.3 Å². The van der Waals surface area contributed by atoms with Crippen LogP contribution in [0.2, 0.25) is 0 Å². The summed E-state index contributed by atoms with van der Waals surface area (Å²) in [5.41, 5.74) is 7.82. The normalized spacial score (nSPS) is 12.5. The summed E-state index contributed by atoms with van der Waals surface area (Å²) in [6.45, 7) is 1.48. The molecule has 0 unspecified atom stereocenters. The average molecular weight is 525 g/mol. The zero-order valence-electron chi connectivity index (χ0n) is 19.3. The maximum Gasteiger partial charge on any atom is 0.416 e. The highest BCUT2D eigenvalue weighted by molar-refractivity contribution is 7.16. The Hall–Kier alpha value is -4.38. The molecule has 2 aromatic carbocycles. The summed E-state index contributed by atoms with van der Waals surface area (Å²) >= 11 is 1.05. The molecule has 0 saturated carbocycles. The number of pyridine rings is 1. The molecule has 1 amide bonds. The number of ether oxygens (including phenoxy) is 1. The van der Waals surface area contributed by atoms with E-state index >= 15 is 0 Å². The number of imidazole rings is 1. The molecule has 188 valence electrons. The van der Waals surface area contributed by atoms with Crippen LogP contribution >= 0.6 is 11.3 Å². The van der Waals surface area contributed by atoms with Crippen molar-refractivity contribution in [3.05, 3.63) is 101 Å². The Balaban J connectivity index is 1.49. The van der Waals surface area contributed by atoms with Crippen LogP contribution in [0.15, 0.2) is 79.4 Å². The van der Waals surface area contributed by atoms with Crippen molar-refractivity contribution in [2.24, 2.45) is 5.73 Å². The summed E-state index contributed by atoms with van der Waals surface area (Å²) in [5.74, 6) is -0.667. The van der Waals surface area contributed by atoms with Crippen LogP contribution in [0.4, 0.5) is 13.2 Å². The summed E-state index contributed by atoms with van der Waals surface area (Å²) in [7, 11) is 0. The van der Waals surface area contributed by atoms with Crippen molar-refractivity contribution in [3.8, 4) is 21.9 Å². The Morgan fingerprint density at radius 1 is 1.11 bits per heavy atom. The number of amides is 1. The lowest BCUT2D eigenvalue weighted by Gasteiger charge is -2.19. The number of carbonyl (C=O) groups excluding carboxylic acids is 1. The van der Waals surface area contributed by atoms with Crippen LogP contribution in [0, 0.1) is 5.21 Å². The summed E-state index contributed by atoms with van der Waals surface area (Å²) in [6, 6.07) is 15.7. The van der Waals surface area contributed by atoms with E-state index in [1.165, 1.54) is 37.5 Å². The molecular weight excluding hydrogens is 505 g/mol. The molecule has 7 nitrogen and oxygen atoms in total. The zero-order valence-corrected chi connectivity index (χ0v) is 20.1. The third-order valence-electron chi connectivity index (χ3n) is 5.84. The Kier molecular flexibility index (Phi) is 6.08. The lowest BCUT2D eigenvalue weighted by molar-refractivity contribution is -0.605. The number of hydrogen-bond donors (Lipinski definition) is 1. The number of thiophene rings is 1. The van der Waals surface area contributed by atoms with Gasteiger partial charge in [-0.25, -0.2) is 4.98 Å². The van der Waals surface area contributed by atoms with E-state index in [-0.39, 0.29) is 16.2 Å². The molecule has 0 saturated heterocycles. The maximum absolute atomic E-state index is 13.5. The van der Waals surface area contributed by atoms with Gasteiger partial charge in [0, 0.05) is 23.8 Å². The highest BCUT2D eigenvalue weighted by Crippen LogP contribution is 2.39. The second-order valence-corrected chi connectivity index (χ2v) is 9.28. The Labute approximate surface area is 212 Å². The molecule has 0 spiro atoms. The van der Waals surface area contributed by atoms with Crippen LogP contribution in [0.5, 0.6) is 5.75 Å². The number of rotatable bonds is 6. The summed E-state index contributed by atoms with van der Waals surface area (Å²) in [5, 5.41) is 11.9. The Morgan fingerprint density at radius 2 is 1.84 bits per heavy atom. The average Bonchev–Trinajstić information content (AvgIpc) is 3.47. The van der Waals surface area contributed by atoms with Crippen LogP contribution in [-0.4, -0.2) is 15.5 Å². The van der Waals surface area contributed by atoms with Gasteiger partial charge in [0.1, 0.15) is 28.1 Å². The number of fused-ring (bicyclic) bond motifs is 1. The number of nitrogens with zero attached hydrogens (tertiary/aromatic N) is 3. The summed E-state index contributed by atoms with van der Waals surface area (Å²) in [4.78, 5) is 16.7. The Morgan fingerprint density at radius 3 is 2.54 bits per heavy atom. The topological polar surface area (TPSA) is 97.1 Å². The van der Waals surface area contributed by atoms with Crippen LogP contribution in [0.3, 0.4) is 0 Å². The fourth-order valence-electron chi connectivity index (χ4n) is 4.08. The molecule has 37 heavy (non-hydrogen) atoms. The molecule has 2 N–H and O–H groups in total. The number of alkyl halides is 3. The molecule has 5 aromatic rings. The molecule has 0 bridgehead atoms. The Bertz CT molecular complexity index is 1610. The first kappa shape index (κ1) is 24.3. The molecular formula is C26H19F3N4O3S. The largest absolute Gasteiger partial charge is 0.619 e. The van der Waals surface area contributed by atoms with E-state index in [9.17, 15) is 23.2 Å². The van der Waals surface area contributed by atoms with Gasteiger partial charge >= 0.3 is 6.18 Å². The third-order valence-corrected chi connectivity index (χ3v) is 6.97. The van der Waals surface area contributed by atoms with E-state index in [1.807, 2.05) is 18.2 Å². The highest BCUT2D eigenvalue weighted by atomic mass is 32.1. The molecule has 1 atom stereocenters. The molecule has 0 fully saturated rings. The molecule has 0 aliphatic carbocycles. The standard InChI is InChI=1S/C26H19F3N4O3S/c1-15(18-4-2-3-5-19(18)26(27,28)29)36-22-13-23(37-24(22)25(30)34)33-14-31-20-12-17(6-7-21(20)33)16-8-10-32(35)11-9-16/h2-15H,1H3,(H2,30,34)/t15-/m1/s1. The zero-order chi connectivity index (χ0) is 26.3. The van der Waals surface area contributed by atoms with Crippen molar-refractivity contribution in [1.82, 2.24) is 9.55 Å². The van der Waals surface area contributed by atoms with Crippen LogP contribution < -0.4 is 15.2 Å². The number of carbonyl (C=O) groups is 1. The smallest absolute Gasteiger partial charge is 0.416 e. The van der Waals surface area contributed by atoms with E-state index in [0.29, 0.717) is 15.2 Å². The number of hydrogen-bond acceptors (Lipinski definition) is 5. The van der Waals surface area contributed by atoms with Gasteiger partial charge in [-0.1, -0.05) is 24.3 Å². The van der Waals surface area contributed by atoms with Crippen molar-refractivity contribution in [2.45, 2.75) is 19.2 Å². The maximum atomic E-state index is 13.5. The van der Waals surface area contributed by atoms with Gasteiger partial charge in [0.2, 0.25) is 0 Å². The number of primary amides is 1. The molecule has 0 radical (unpaired) electrons. The van der Waals surface area contributed by atoms with E-state index < -0.39 is 23.8 Å².